The summed E-state index contributed by atoms with van der Waals surface area (Å²) in [6.45, 7) is 6.11. The van der Waals surface area contributed by atoms with Crippen molar-refractivity contribution in [2.24, 2.45) is 11.1 Å². The first kappa shape index (κ1) is 16.5. The van der Waals surface area contributed by atoms with E-state index in [0.29, 0.717) is 30.5 Å². The first-order chi connectivity index (χ1) is 9.93. The molecule has 0 saturated heterocycles. The summed E-state index contributed by atoms with van der Waals surface area (Å²) in [6, 6.07) is 0.319. The summed E-state index contributed by atoms with van der Waals surface area (Å²) in [6.07, 6.45) is 7.09. The lowest BCUT2D eigenvalue weighted by Crippen LogP contribution is -2.25. The predicted molar refractivity (Wildman–Crippen MR) is 83.6 cm³/mol. The number of primary sulfonamides is 1. The fourth-order valence-corrected chi connectivity index (χ4v) is 4.73. The van der Waals surface area contributed by atoms with Crippen LogP contribution in [0.25, 0.3) is 0 Å². The Labute approximate surface area is 128 Å². The van der Waals surface area contributed by atoms with Crippen molar-refractivity contribution in [1.82, 2.24) is 9.78 Å². The van der Waals surface area contributed by atoms with Crippen LogP contribution < -0.4 is 5.14 Å². The Hall–Kier alpha value is -0.880. The van der Waals surface area contributed by atoms with Crippen LogP contribution in [0.15, 0.2) is 4.90 Å². The van der Waals surface area contributed by atoms with E-state index in [4.69, 9.17) is 5.14 Å². The van der Waals surface area contributed by atoms with E-state index in [1.165, 1.54) is 19.3 Å². The van der Waals surface area contributed by atoms with E-state index in [-0.39, 0.29) is 4.90 Å². The SMILES string of the molecule is CCc1nn(C2CCCCC2CC)c(CC)c1S(N)(=O)=O. The van der Waals surface area contributed by atoms with Crippen LogP contribution in [0.2, 0.25) is 0 Å². The van der Waals surface area contributed by atoms with Gasteiger partial charge in [-0.1, -0.05) is 40.0 Å². The second-order valence-electron chi connectivity index (χ2n) is 5.94. The molecular weight excluding hydrogens is 286 g/mol. The standard InChI is InChI=1S/C15H27N3O2S/c1-4-11-9-7-8-10-14(11)18-13(6-3)15(21(16,19)20)12(5-2)17-18/h11,14H,4-10H2,1-3H3,(H2,16,19,20). The maximum Gasteiger partial charge on any atom is 0.241 e. The van der Waals surface area contributed by atoms with Crippen molar-refractivity contribution >= 4 is 10.0 Å². The number of sulfonamides is 1. The summed E-state index contributed by atoms with van der Waals surface area (Å²) >= 11 is 0. The van der Waals surface area contributed by atoms with Crippen LogP contribution >= 0.6 is 0 Å². The van der Waals surface area contributed by atoms with Crippen molar-refractivity contribution in [3.8, 4) is 0 Å². The van der Waals surface area contributed by atoms with E-state index in [2.05, 4.69) is 12.0 Å². The number of aromatic nitrogens is 2. The fraction of sp³-hybridized carbons (Fsp3) is 0.800. The third-order valence-corrected chi connectivity index (χ3v) is 5.73. The normalized spacial score (nSPS) is 23.4. The van der Waals surface area contributed by atoms with Gasteiger partial charge in [0.25, 0.3) is 0 Å². The molecule has 0 amide bonds. The predicted octanol–water partition coefficient (Wildman–Crippen LogP) is 2.80. The molecule has 0 bridgehead atoms. The molecule has 120 valence electrons. The van der Waals surface area contributed by atoms with Crippen LogP contribution in [0.3, 0.4) is 0 Å². The van der Waals surface area contributed by atoms with Gasteiger partial charge < -0.3 is 0 Å². The van der Waals surface area contributed by atoms with Gasteiger partial charge in [-0.3, -0.25) is 4.68 Å². The van der Waals surface area contributed by atoms with Gasteiger partial charge in [-0.25, -0.2) is 13.6 Å². The summed E-state index contributed by atoms with van der Waals surface area (Å²) < 4.78 is 25.9. The van der Waals surface area contributed by atoms with Crippen molar-refractivity contribution in [2.45, 2.75) is 76.7 Å². The van der Waals surface area contributed by atoms with Gasteiger partial charge in [0.05, 0.1) is 17.4 Å². The quantitative estimate of drug-likeness (QED) is 0.908. The molecule has 0 radical (unpaired) electrons. The molecule has 2 atom stereocenters. The van der Waals surface area contributed by atoms with Crippen molar-refractivity contribution in [3.05, 3.63) is 11.4 Å². The van der Waals surface area contributed by atoms with E-state index >= 15 is 0 Å². The molecule has 5 nitrogen and oxygen atoms in total. The Kier molecular flexibility index (Phi) is 5.09. The molecule has 1 aliphatic carbocycles. The van der Waals surface area contributed by atoms with E-state index < -0.39 is 10.0 Å². The lowest BCUT2D eigenvalue weighted by molar-refractivity contribution is 0.212. The van der Waals surface area contributed by atoms with E-state index in [1.54, 1.807) is 0 Å². The highest BCUT2D eigenvalue weighted by molar-refractivity contribution is 7.89. The zero-order valence-electron chi connectivity index (χ0n) is 13.3. The molecule has 1 aliphatic rings. The van der Waals surface area contributed by atoms with Crippen LogP contribution in [0.5, 0.6) is 0 Å². The molecule has 0 aromatic carbocycles. The number of hydrogen-bond acceptors (Lipinski definition) is 3. The molecule has 2 unspecified atom stereocenters. The molecule has 1 fully saturated rings. The molecule has 1 saturated carbocycles. The number of nitrogens with two attached hydrogens (primary N) is 1. The third-order valence-electron chi connectivity index (χ3n) is 4.69. The molecule has 21 heavy (non-hydrogen) atoms. The lowest BCUT2D eigenvalue weighted by Gasteiger charge is -2.32. The molecule has 1 aromatic heterocycles. The second-order valence-corrected chi connectivity index (χ2v) is 7.44. The highest BCUT2D eigenvalue weighted by Crippen LogP contribution is 2.38. The molecule has 0 spiro atoms. The second kappa shape index (κ2) is 6.48. The molecule has 6 heteroatoms. The van der Waals surface area contributed by atoms with Gasteiger partial charge in [0.1, 0.15) is 4.90 Å². The monoisotopic (exact) mass is 313 g/mol. The van der Waals surface area contributed by atoms with Crippen LogP contribution in [-0.2, 0) is 22.9 Å². The van der Waals surface area contributed by atoms with Gasteiger partial charge in [-0.2, -0.15) is 5.10 Å². The Morgan fingerprint density at radius 3 is 2.38 bits per heavy atom. The third kappa shape index (κ3) is 3.16. The number of rotatable bonds is 5. The van der Waals surface area contributed by atoms with E-state index in [1.807, 2.05) is 18.5 Å². The van der Waals surface area contributed by atoms with Crippen molar-refractivity contribution in [1.29, 1.82) is 0 Å². The Morgan fingerprint density at radius 1 is 1.19 bits per heavy atom. The first-order valence-corrected chi connectivity index (χ1v) is 9.61. The summed E-state index contributed by atoms with van der Waals surface area (Å²) in [7, 11) is -3.71. The highest BCUT2D eigenvalue weighted by Gasteiger charge is 2.31. The summed E-state index contributed by atoms with van der Waals surface area (Å²) in [4.78, 5) is 0.271. The molecule has 2 N–H and O–H groups in total. The maximum atomic E-state index is 12.0. The van der Waals surface area contributed by atoms with Gasteiger partial charge in [-0.05, 0) is 31.6 Å². The number of hydrogen-bond donors (Lipinski definition) is 1. The average molecular weight is 313 g/mol. The highest BCUT2D eigenvalue weighted by atomic mass is 32.2. The van der Waals surface area contributed by atoms with Gasteiger partial charge in [0.2, 0.25) is 10.0 Å². The average Bonchev–Trinajstić information content (AvgIpc) is 2.85. The van der Waals surface area contributed by atoms with Crippen LogP contribution in [-0.4, -0.2) is 18.2 Å². The molecule has 0 aliphatic heterocycles. The van der Waals surface area contributed by atoms with E-state index in [0.717, 1.165) is 18.5 Å². The summed E-state index contributed by atoms with van der Waals surface area (Å²) in [5, 5.41) is 10.1. The minimum absolute atomic E-state index is 0.271. The lowest BCUT2D eigenvalue weighted by atomic mass is 9.83. The topological polar surface area (TPSA) is 78.0 Å². The number of nitrogens with zero attached hydrogens (tertiary/aromatic N) is 2. The van der Waals surface area contributed by atoms with Crippen LogP contribution in [0, 0.1) is 5.92 Å². The minimum Gasteiger partial charge on any atom is -0.265 e. The fourth-order valence-electron chi connectivity index (χ4n) is 3.65. The number of aryl methyl sites for hydroxylation is 1. The van der Waals surface area contributed by atoms with Gasteiger partial charge in [0, 0.05) is 0 Å². The van der Waals surface area contributed by atoms with Crippen LogP contribution in [0.4, 0.5) is 0 Å². The molecule has 1 aromatic rings. The van der Waals surface area contributed by atoms with Crippen molar-refractivity contribution in [3.63, 3.8) is 0 Å². The zero-order chi connectivity index (χ0) is 15.6. The van der Waals surface area contributed by atoms with Gasteiger partial charge in [-0.15, -0.1) is 0 Å². The molecule has 1 heterocycles. The molecular formula is C15H27N3O2S. The minimum atomic E-state index is -3.71. The Bertz CT molecular complexity index is 592. The van der Waals surface area contributed by atoms with Gasteiger partial charge in [0.15, 0.2) is 0 Å². The van der Waals surface area contributed by atoms with Crippen molar-refractivity contribution in [2.75, 3.05) is 0 Å². The smallest absolute Gasteiger partial charge is 0.241 e. The van der Waals surface area contributed by atoms with E-state index in [9.17, 15) is 8.42 Å². The Morgan fingerprint density at radius 2 is 1.86 bits per heavy atom. The summed E-state index contributed by atoms with van der Waals surface area (Å²) in [5.74, 6) is 0.585. The van der Waals surface area contributed by atoms with Gasteiger partial charge >= 0.3 is 0 Å². The first-order valence-electron chi connectivity index (χ1n) is 8.07. The molecule has 2 rings (SSSR count). The summed E-state index contributed by atoms with van der Waals surface area (Å²) in [5.41, 5.74) is 1.41. The van der Waals surface area contributed by atoms with Crippen molar-refractivity contribution < 1.29 is 8.42 Å². The Balaban J connectivity index is 2.56. The zero-order valence-corrected chi connectivity index (χ0v) is 14.1. The maximum absolute atomic E-state index is 12.0. The van der Waals surface area contributed by atoms with Crippen LogP contribution in [0.1, 0.15) is 70.3 Å². The largest absolute Gasteiger partial charge is 0.265 e.